The average molecular weight is 253 g/mol. The van der Waals surface area contributed by atoms with E-state index in [0.717, 1.165) is 42.8 Å². The van der Waals surface area contributed by atoms with Crippen molar-refractivity contribution >= 4 is 11.3 Å². The van der Waals surface area contributed by atoms with E-state index in [9.17, 15) is 5.11 Å². The van der Waals surface area contributed by atoms with Crippen LogP contribution in [-0.2, 0) is 6.42 Å². The van der Waals surface area contributed by atoms with Crippen molar-refractivity contribution in [1.82, 2.24) is 4.98 Å². The van der Waals surface area contributed by atoms with Gasteiger partial charge in [0.25, 0.3) is 0 Å². The zero-order valence-electron chi connectivity index (χ0n) is 11.1. The van der Waals surface area contributed by atoms with Crippen molar-refractivity contribution in [1.29, 1.82) is 0 Å². The van der Waals surface area contributed by atoms with Crippen LogP contribution in [0.1, 0.15) is 56.7 Å². The van der Waals surface area contributed by atoms with Gasteiger partial charge >= 0.3 is 0 Å². The van der Waals surface area contributed by atoms with E-state index in [1.807, 2.05) is 6.92 Å². The number of nitrogens with zero attached hydrogens (tertiary/aromatic N) is 1. The lowest BCUT2D eigenvalue weighted by Crippen LogP contribution is -2.31. The van der Waals surface area contributed by atoms with Crippen molar-refractivity contribution in [2.24, 2.45) is 5.41 Å². The van der Waals surface area contributed by atoms with E-state index in [4.69, 9.17) is 0 Å². The van der Waals surface area contributed by atoms with Gasteiger partial charge in [-0.1, -0.05) is 20.3 Å². The Hall–Kier alpha value is -0.410. The minimum Gasteiger partial charge on any atom is -0.389 e. The number of aryl methyl sites for hydroxylation is 1. The van der Waals surface area contributed by atoms with Crippen molar-refractivity contribution in [3.63, 3.8) is 0 Å². The fourth-order valence-electron chi connectivity index (χ4n) is 2.66. The zero-order valence-corrected chi connectivity index (χ0v) is 11.9. The summed E-state index contributed by atoms with van der Waals surface area (Å²) in [6.07, 6.45) is 6.06. The molecule has 0 amide bonds. The second kappa shape index (κ2) is 4.69. The highest BCUT2D eigenvalue weighted by Gasteiger charge is 2.34. The van der Waals surface area contributed by atoms with Crippen LogP contribution in [0.25, 0.3) is 0 Å². The molecule has 3 heteroatoms. The van der Waals surface area contributed by atoms with Gasteiger partial charge in [0.15, 0.2) is 0 Å². The first-order valence-corrected chi connectivity index (χ1v) is 7.40. The Morgan fingerprint density at radius 1 is 1.29 bits per heavy atom. The van der Waals surface area contributed by atoms with E-state index in [2.05, 4.69) is 24.2 Å². The molecule has 1 heterocycles. The summed E-state index contributed by atoms with van der Waals surface area (Å²) in [5.41, 5.74) is 0.948. The first-order valence-electron chi connectivity index (χ1n) is 6.52. The average Bonchev–Trinajstić information content (AvgIpc) is 2.55. The Kier molecular flexibility index (Phi) is 3.60. The zero-order chi connectivity index (χ0) is 12.5. The number of rotatable bonds is 2. The first kappa shape index (κ1) is 13.0. The summed E-state index contributed by atoms with van der Waals surface area (Å²) in [5, 5.41) is 13.9. The Morgan fingerprint density at radius 3 is 2.71 bits per heavy atom. The second-order valence-electron chi connectivity index (χ2n) is 6.30. The van der Waals surface area contributed by atoms with Gasteiger partial charge in [-0.15, -0.1) is 11.3 Å². The summed E-state index contributed by atoms with van der Waals surface area (Å²) in [6, 6.07) is 0. The molecule has 0 aliphatic heterocycles. The van der Waals surface area contributed by atoms with E-state index in [-0.39, 0.29) is 0 Å². The maximum atomic E-state index is 10.7. The van der Waals surface area contributed by atoms with Crippen LogP contribution in [0.5, 0.6) is 0 Å². The van der Waals surface area contributed by atoms with E-state index in [1.54, 1.807) is 11.3 Å². The third-order valence-electron chi connectivity index (χ3n) is 3.91. The molecule has 0 spiro atoms. The third kappa shape index (κ3) is 3.52. The lowest BCUT2D eigenvalue weighted by molar-refractivity contribution is 0.0225. The van der Waals surface area contributed by atoms with E-state index >= 15 is 0 Å². The highest BCUT2D eigenvalue weighted by molar-refractivity contribution is 7.09. The molecular weight excluding hydrogens is 230 g/mol. The van der Waals surface area contributed by atoms with Crippen LogP contribution in [0.2, 0.25) is 0 Å². The summed E-state index contributed by atoms with van der Waals surface area (Å²) in [4.78, 5) is 4.48. The topological polar surface area (TPSA) is 33.1 Å². The minimum absolute atomic E-state index is 0.392. The molecule has 1 atom stereocenters. The van der Waals surface area contributed by atoms with Crippen molar-refractivity contribution in [2.45, 2.75) is 64.9 Å². The van der Waals surface area contributed by atoms with Crippen LogP contribution in [0.3, 0.4) is 0 Å². The summed E-state index contributed by atoms with van der Waals surface area (Å²) in [5.74, 6) is 0. The van der Waals surface area contributed by atoms with E-state index in [1.165, 1.54) is 6.42 Å². The molecular formula is C14H23NOS. The fraction of sp³-hybridized carbons (Fsp3) is 0.786. The quantitative estimate of drug-likeness (QED) is 0.815. The largest absolute Gasteiger partial charge is 0.389 e. The number of hydrogen-bond acceptors (Lipinski definition) is 3. The molecule has 0 saturated heterocycles. The van der Waals surface area contributed by atoms with E-state index in [0.29, 0.717) is 5.41 Å². The Morgan fingerprint density at radius 2 is 2.06 bits per heavy atom. The lowest BCUT2D eigenvalue weighted by atomic mass is 9.84. The van der Waals surface area contributed by atoms with Gasteiger partial charge in [0, 0.05) is 17.5 Å². The molecule has 1 fully saturated rings. The number of thiazole rings is 1. The monoisotopic (exact) mass is 253 g/mol. The van der Waals surface area contributed by atoms with Crippen LogP contribution in [0.15, 0.2) is 5.38 Å². The summed E-state index contributed by atoms with van der Waals surface area (Å²) < 4.78 is 0. The summed E-state index contributed by atoms with van der Waals surface area (Å²) >= 11 is 1.68. The predicted molar refractivity (Wildman–Crippen MR) is 72.4 cm³/mol. The van der Waals surface area contributed by atoms with Crippen LogP contribution in [-0.4, -0.2) is 15.7 Å². The smallest absolute Gasteiger partial charge is 0.0956 e. The SMILES string of the molecule is Cc1csc(CC2(O)CCCC(C)(C)CC2)n1. The molecule has 2 nitrogen and oxygen atoms in total. The molecule has 1 aromatic heterocycles. The van der Waals surface area contributed by atoms with Crippen molar-refractivity contribution in [2.75, 3.05) is 0 Å². The molecule has 1 aliphatic rings. The molecule has 1 aliphatic carbocycles. The Labute approximate surface area is 108 Å². The van der Waals surface area contributed by atoms with Crippen LogP contribution in [0, 0.1) is 12.3 Å². The van der Waals surface area contributed by atoms with Gasteiger partial charge in [-0.05, 0) is 38.0 Å². The highest BCUT2D eigenvalue weighted by Crippen LogP contribution is 2.39. The Bertz CT molecular complexity index is 385. The number of aliphatic hydroxyl groups is 1. The van der Waals surface area contributed by atoms with Crippen molar-refractivity contribution < 1.29 is 5.11 Å². The number of hydrogen-bond donors (Lipinski definition) is 1. The molecule has 96 valence electrons. The van der Waals surface area contributed by atoms with Crippen molar-refractivity contribution in [3.05, 3.63) is 16.1 Å². The van der Waals surface area contributed by atoms with Gasteiger partial charge in [0.2, 0.25) is 0 Å². The standard InChI is InChI=1S/C14H23NOS/c1-11-10-17-12(15-11)9-14(16)6-4-5-13(2,3)7-8-14/h10,16H,4-9H2,1-3H3. The maximum absolute atomic E-state index is 10.7. The fourth-order valence-corrected chi connectivity index (χ4v) is 3.57. The molecule has 0 aromatic carbocycles. The van der Waals surface area contributed by atoms with Gasteiger partial charge in [-0.2, -0.15) is 0 Å². The molecule has 1 aromatic rings. The van der Waals surface area contributed by atoms with Crippen LogP contribution in [0.4, 0.5) is 0 Å². The van der Waals surface area contributed by atoms with Gasteiger partial charge < -0.3 is 5.11 Å². The third-order valence-corrected chi connectivity index (χ3v) is 4.88. The van der Waals surface area contributed by atoms with Gasteiger partial charge in [-0.3, -0.25) is 0 Å². The van der Waals surface area contributed by atoms with Crippen LogP contribution >= 0.6 is 11.3 Å². The molecule has 0 radical (unpaired) electrons. The predicted octanol–water partition coefficient (Wildman–Crippen LogP) is 3.72. The maximum Gasteiger partial charge on any atom is 0.0956 e. The van der Waals surface area contributed by atoms with Gasteiger partial charge in [0.1, 0.15) is 0 Å². The molecule has 1 saturated carbocycles. The summed E-state index contributed by atoms with van der Waals surface area (Å²) in [7, 11) is 0. The lowest BCUT2D eigenvalue weighted by Gasteiger charge is -2.27. The van der Waals surface area contributed by atoms with Gasteiger partial charge in [-0.25, -0.2) is 4.98 Å². The van der Waals surface area contributed by atoms with Crippen LogP contribution < -0.4 is 0 Å². The first-order chi connectivity index (χ1) is 7.89. The molecule has 1 unspecified atom stereocenters. The highest BCUT2D eigenvalue weighted by atomic mass is 32.1. The molecule has 0 bridgehead atoms. The molecule has 1 N–H and O–H groups in total. The van der Waals surface area contributed by atoms with E-state index < -0.39 is 5.60 Å². The van der Waals surface area contributed by atoms with Gasteiger partial charge in [0.05, 0.1) is 10.6 Å². The Balaban J connectivity index is 2.03. The minimum atomic E-state index is -0.516. The van der Waals surface area contributed by atoms with Crippen molar-refractivity contribution in [3.8, 4) is 0 Å². The number of aromatic nitrogens is 1. The molecule has 2 rings (SSSR count). The normalized spacial score (nSPS) is 28.9. The molecule has 17 heavy (non-hydrogen) atoms. The summed E-state index contributed by atoms with van der Waals surface area (Å²) in [6.45, 7) is 6.64. The second-order valence-corrected chi connectivity index (χ2v) is 7.24.